The number of carbonyl (C=O) groups is 1. The van der Waals surface area contributed by atoms with E-state index in [4.69, 9.17) is 5.10 Å². The van der Waals surface area contributed by atoms with E-state index in [0.29, 0.717) is 17.8 Å². The van der Waals surface area contributed by atoms with E-state index in [1.807, 2.05) is 96.1 Å². The topological polar surface area (TPSA) is 56.0 Å². The Hall–Kier alpha value is -3.67. The molecule has 152 valence electrons. The summed E-state index contributed by atoms with van der Waals surface area (Å²) in [6.07, 6.45) is 1.93. The van der Waals surface area contributed by atoms with Crippen LogP contribution in [0.3, 0.4) is 0 Å². The molecule has 0 bridgehead atoms. The van der Waals surface area contributed by atoms with E-state index < -0.39 is 0 Å². The van der Waals surface area contributed by atoms with Crippen LogP contribution in [0, 0.1) is 6.92 Å². The lowest BCUT2D eigenvalue weighted by atomic mass is 10.0. The number of aryl methyl sites for hydroxylation is 1. The number of hydrogen-bond acceptors (Lipinski definition) is 3. The summed E-state index contributed by atoms with van der Waals surface area (Å²) in [6.45, 7) is 5.23. The van der Waals surface area contributed by atoms with Crippen molar-refractivity contribution in [2.75, 3.05) is 7.05 Å². The van der Waals surface area contributed by atoms with Crippen molar-refractivity contribution in [1.82, 2.24) is 24.5 Å². The van der Waals surface area contributed by atoms with Crippen molar-refractivity contribution in [3.05, 3.63) is 89.9 Å². The first-order chi connectivity index (χ1) is 14.6. The molecule has 30 heavy (non-hydrogen) atoms. The number of para-hydroxylation sites is 1. The predicted molar refractivity (Wildman–Crippen MR) is 117 cm³/mol. The maximum atomic E-state index is 13.5. The van der Waals surface area contributed by atoms with Gasteiger partial charge in [-0.25, -0.2) is 4.68 Å². The van der Waals surface area contributed by atoms with Crippen LogP contribution in [0.25, 0.3) is 16.9 Å². The van der Waals surface area contributed by atoms with Crippen LogP contribution in [0.15, 0.2) is 72.9 Å². The molecule has 0 atom stereocenters. The number of carbonyl (C=O) groups excluding carboxylic acids is 1. The van der Waals surface area contributed by atoms with E-state index in [-0.39, 0.29) is 5.91 Å². The molecular weight excluding hydrogens is 374 g/mol. The average Bonchev–Trinajstić information content (AvgIpc) is 3.38. The number of hydrogen-bond donors (Lipinski definition) is 0. The van der Waals surface area contributed by atoms with Crippen molar-refractivity contribution in [1.29, 1.82) is 0 Å². The van der Waals surface area contributed by atoms with Crippen LogP contribution in [0.1, 0.15) is 28.7 Å². The molecule has 0 saturated heterocycles. The van der Waals surface area contributed by atoms with E-state index in [1.54, 1.807) is 11.9 Å². The normalized spacial score (nSPS) is 10.9. The minimum Gasteiger partial charge on any atom is -0.336 e. The van der Waals surface area contributed by atoms with Gasteiger partial charge in [-0.2, -0.15) is 10.2 Å². The summed E-state index contributed by atoms with van der Waals surface area (Å²) in [4.78, 5) is 15.2. The lowest BCUT2D eigenvalue weighted by Crippen LogP contribution is -2.27. The van der Waals surface area contributed by atoms with Gasteiger partial charge in [0.15, 0.2) is 0 Å². The molecule has 2 aromatic carbocycles. The van der Waals surface area contributed by atoms with Gasteiger partial charge in [0, 0.05) is 25.4 Å². The molecule has 0 aliphatic carbocycles. The van der Waals surface area contributed by atoms with Gasteiger partial charge in [-0.3, -0.25) is 9.48 Å². The monoisotopic (exact) mass is 399 g/mol. The fourth-order valence-electron chi connectivity index (χ4n) is 3.55. The minimum absolute atomic E-state index is 0.0698. The number of rotatable bonds is 6. The lowest BCUT2D eigenvalue weighted by molar-refractivity contribution is 0.0783. The van der Waals surface area contributed by atoms with Crippen molar-refractivity contribution in [3.63, 3.8) is 0 Å². The predicted octanol–water partition coefficient (Wildman–Crippen LogP) is 4.34. The average molecular weight is 399 g/mol. The molecule has 0 aliphatic heterocycles. The van der Waals surface area contributed by atoms with Gasteiger partial charge in [0.05, 0.1) is 29.2 Å². The third-order valence-corrected chi connectivity index (χ3v) is 5.14. The van der Waals surface area contributed by atoms with E-state index in [9.17, 15) is 4.79 Å². The van der Waals surface area contributed by atoms with Crippen molar-refractivity contribution in [2.24, 2.45) is 0 Å². The van der Waals surface area contributed by atoms with Gasteiger partial charge < -0.3 is 4.90 Å². The smallest absolute Gasteiger partial charge is 0.258 e. The van der Waals surface area contributed by atoms with E-state index in [1.165, 1.54) is 0 Å². The zero-order chi connectivity index (χ0) is 21.1. The van der Waals surface area contributed by atoms with Crippen LogP contribution in [0.2, 0.25) is 0 Å². The number of aromatic nitrogens is 4. The Morgan fingerprint density at radius 1 is 0.967 bits per heavy atom. The van der Waals surface area contributed by atoms with Crippen LogP contribution < -0.4 is 0 Å². The number of benzene rings is 2. The van der Waals surface area contributed by atoms with Gasteiger partial charge in [0.2, 0.25) is 0 Å². The molecule has 0 saturated carbocycles. The minimum atomic E-state index is -0.0698. The van der Waals surface area contributed by atoms with Gasteiger partial charge in [-0.1, -0.05) is 48.5 Å². The second kappa shape index (κ2) is 8.37. The lowest BCUT2D eigenvalue weighted by Gasteiger charge is -2.16. The van der Waals surface area contributed by atoms with Gasteiger partial charge >= 0.3 is 0 Å². The quantitative estimate of drug-likeness (QED) is 0.485. The van der Waals surface area contributed by atoms with E-state index >= 15 is 0 Å². The summed E-state index contributed by atoms with van der Waals surface area (Å²) in [7, 11) is 1.81. The molecule has 0 spiro atoms. The molecule has 2 aromatic heterocycles. The van der Waals surface area contributed by atoms with Gasteiger partial charge in [-0.05, 0) is 32.0 Å². The van der Waals surface area contributed by atoms with Gasteiger partial charge in [0.25, 0.3) is 5.91 Å². The molecule has 0 unspecified atom stereocenters. The van der Waals surface area contributed by atoms with E-state index in [2.05, 4.69) is 5.10 Å². The Labute approximate surface area is 176 Å². The molecule has 2 heterocycles. The Bertz CT molecular complexity index is 1150. The van der Waals surface area contributed by atoms with Crippen molar-refractivity contribution < 1.29 is 4.79 Å². The van der Waals surface area contributed by atoms with Crippen molar-refractivity contribution in [2.45, 2.75) is 26.9 Å². The highest BCUT2D eigenvalue weighted by atomic mass is 16.2. The maximum absolute atomic E-state index is 13.5. The third kappa shape index (κ3) is 3.76. The highest BCUT2D eigenvalue weighted by Crippen LogP contribution is 2.28. The fraction of sp³-hybridized carbons (Fsp3) is 0.208. The van der Waals surface area contributed by atoms with Crippen LogP contribution in [0.5, 0.6) is 0 Å². The van der Waals surface area contributed by atoms with Gasteiger partial charge in [-0.15, -0.1) is 0 Å². The van der Waals surface area contributed by atoms with Crippen LogP contribution in [-0.4, -0.2) is 37.4 Å². The first kappa shape index (κ1) is 19.6. The van der Waals surface area contributed by atoms with Crippen LogP contribution in [-0.2, 0) is 13.1 Å². The Balaban J connectivity index is 1.75. The first-order valence-electron chi connectivity index (χ1n) is 10.1. The summed E-state index contributed by atoms with van der Waals surface area (Å²) >= 11 is 0. The highest BCUT2D eigenvalue weighted by Gasteiger charge is 2.25. The summed E-state index contributed by atoms with van der Waals surface area (Å²) in [5.41, 5.74) is 4.83. The third-order valence-electron chi connectivity index (χ3n) is 5.14. The Kier molecular flexibility index (Phi) is 5.48. The first-order valence-corrected chi connectivity index (χ1v) is 10.1. The molecule has 1 amide bonds. The van der Waals surface area contributed by atoms with Gasteiger partial charge in [0.1, 0.15) is 5.69 Å². The molecule has 6 heteroatoms. The highest BCUT2D eigenvalue weighted by molar-refractivity contribution is 6.01. The second-order valence-electron chi connectivity index (χ2n) is 7.25. The van der Waals surface area contributed by atoms with Crippen LogP contribution >= 0.6 is 0 Å². The maximum Gasteiger partial charge on any atom is 0.258 e. The number of nitrogens with zero attached hydrogens (tertiary/aromatic N) is 5. The Morgan fingerprint density at radius 3 is 2.27 bits per heavy atom. The van der Waals surface area contributed by atoms with Crippen molar-refractivity contribution >= 4 is 5.91 Å². The summed E-state index contributed by atoms with van der Waals surface area (Å²) in [5.74, 6) is -0.0698. The largest absolute Gasteiger partial charge is 0.336 e. The van der Waals surface area contributed by atoms with Crippen molar-refractivity contribution in [3.8, 4) is 16.9 Å². The van der Waals surface area contributed by atoms with E-state index in [0.717, 1.165) is 29.2 Å². The number of amides is 1. The molecule has 0 N–H and O–H groups in total. The molecule has 6 nitrogen and oxygen atoms in total. The molecule has 0 radical (unpaired) electrons. The zero-order valence-corrected chi connectivity index (χ0v) is 17.5. The molecule has 0 aliphatic rings. The van der Waals surface area contributed by atoms with Crippen LogP contribution in [0.4, 0.5) is 0 Å². The molecule has 0 fully saturated rings. The second-order valence-corrected chi connectivity index (χ2v) is 7.25. The summed E-state index contributed by atoms with van der Waals surface area (Å²) in [5, 5.41) is 9.33. The Morgan fingerprint density at radius 2 is 1.63 bits per heavy atom. The molecule has 4 aromatic rings. The fourth-order valence-corrected chi connectivity index (χ4v) is 3.55. The summed E-state index contributed by atoms with van der Waals surface area (Å²) in [6, 6.07) is 21.7. The SMILES string of the molecule is CCn1ccc(CN(C)C(=O)c2c(-c3ccccc3)nn(-c3ccccc3)c2C)n1. The zero-order valence-electron chi connectivity index (χ0n) is 17.5. The molecule has 4 rings (SSSR count). The molecular formula is C24H25N5O. The standard InChI is InChI=1S/C24H25N5O/c1-4-28-16-15-20(25-28)17-27(3)24(30)22-18(2)29(21-13-9-6-10-14-21)26-23(22)19-11-7-5-8-12-19/h5-16H,4,17H2,1-3H3. The summed E-state index contributed by atoms with van der Waals surface area (Å²) < 4.78 is 3.71.